The van der Waals surface area contributed by atoms with Crippen LogP contribution in [0.1, 0.15) is 51.7 Å². The Hall–Kier alpha value is -2.30. The monoisotopic (exact) mass is 377 g/mol. The van der Waals surface area contributed by atoms with Crippen LogP contribution < -0.4 is 10.9 Å². The molecule has 3 atom stereocenters. The zero-order chi connectivity index (χ0) is 19.0. The summed E-state index contributed by atoms with van der Waals surface area (Å²) in [5.74, 6) is -1.00. The molecule has 2 aromatic rings. The van der Waals surface area contributed by atoms with Crippen molar-refractivity contribution < 1.29 is 19.4 Å². The first-order valence-corrected chi connectivity index (χ1v) is 9.21. The summed E-state index contributed by atoms with van der Waals surface area (Å²) >= 11 is 0. The highest BCUT2D eigenvalue weighted by molar-refractivity contribution is 5.87. The van der Waals surface area contributed by atoms with E-state index in [0.717, 1.165) is 32.1 Å². The molecule has 1 amide bonds. The second-order valence-electron chi connectivity index (χ2n) is 7.11. The summed E-state index contributed by atoms with van der Waals surface area (Å²) in [4.78, 5) is 34.7. The topological polar surface area (TPSA) is 131 Å². The number of imidazole rings is 1. The van der Waals surface area contributed by atoms with Crippen LogP contribution in [0.15, 0.2) is 11.1 Å². The number of hydrogen-bond donors (Lipinski definition) is 3. The van der Waals surface area contributed by atoms with Gasteiger partial charge in [0.2, 0.25) is 11.9 Å². The minimum atomic E-state index is -0.735. The van der Waals surface area contributed by atoms with E-state index in [-0.39, 0.29) is 30.2 Å². The maximum atomic E-state index is 12.5. The Morgan fingerprint density at radius 3 is 2.93 bits per heavy atom. The number of rotatable bonds is 3. The van der Waals surface area contributed by atoms with Gasteiger partial charge in [0.15, 0.2) is 17.0 Å². The highest BCUT2D eigenvalue weighted by Gasteiger charge is 2.43. The lowest BCUT2D eigenvalue weighted by Crippen LogP contribution is -2.47. The first-order valence-electron chi connectivity index (χ1n) is 9.21. The molecule has 27 heavy (non-hydrogen) atoms. The van der Waals surface area contributed by atoms with Gasteiger partial charge in [0.25, 0.3) is 5.56 Å². The van der Waals surface area contributed by atoms with E-state index >= 15 is 0 Å². The Morgan fingerprint density at radius 1 is 1.41 bits per heavy atom. The van der Waals surface area contributed by atoms with Gasteiger partial charge in [0.05, 0.1) is 19.0 Å². The lowest BCUT2D eigenvalue weighted by atomic mass is 9.94. The molecule has 0 unspecified atom stereocenters. The molecular weight excluding hydrogens is 354 g/mol. The second kappa shape index (κ2) is 7.02. The molecule has 2 aliphatic rings. The Morgan fingerprint density at radius 2 is 2.19 bits per heavy atom. The summed E-state index contributed by atoms with van der Waals surface area (Å²) in [5, 5.41) is 11.9. The van der Waals surface area contributed by atoms with Gasteiger partial charge in [-0.1, -0.05) is 0 Å². The number of nitrogens with one attached hydrogen (secondary N) is 2. The number of ether oxygens (including phenoxy) is 2. The molecule has 2 fully saturated rings. The van der Waals surface area contributed by atoms with Gasteiger partial charge in [-0.25, -0.2) is 4.98 Å². The van der Waals surface area contributed by atoms with E-state index < -0.39 is 17.6 Å². The largest absolute Gasteiger partial charge is 0.394 e. The molecule has 4 rings (SSSR count). The van der Waals surface area contributed by atoms with E-state index in [9.17, 15) is 14.7 Å². The van der Waals surface area contributed by atoms with Gasteiger partial charge in [-0.2, -0.15) is 4.98 Å². The third kappa shape index (κ3) is 3.47. The van der Waals surface area contributed by atoms with E-state index in [2.05, 4.69) is 20.3 Å². The summed E-state index contributed by atoms with van der Waals surface area (Å²) in [7, 11) is 0. The number of hydrogen-bond acceptors (Lipinski definition) is 7. The summed E-state index contributed by atoms with van der Waals surface area (Å²) < 4.78 is 14.0. The first kappa shape index (κ1) is 18.1. The number of anilines is 1. The lowest BCUT2D eigenvalue weighted by molar-refractivity contribution is -0.330. The minimum Gasteiger partial charge on any atom is -0.394 e. The van der Waals surface area contributed by atoms with Crippen LogP contribution in [0, 0.1) is 0 Å². The van der Waals surface area contributed by atoms with Crippen LogP contribution in [-0.4, -0.2) is 49.0 Å². The standard InChI is InChI=1S/C17H23N5O5/c1-10(24)19-16-20-14-13(15(25)21-16)22(9-18-14)12-5-3-7-17(27-12)6-2-4-11(8-23)26-17/h9,11-12,23H,2-8H2,1H3,(H2,19,20,21,24,25)/t11-,12-,17-/m0/s1. The molecule has 4 heterocycles. The molecule has 2 saturated heterocycles. The normalized spacial score (nSPS) is 28.5. The van der Waals surface area contributed by atoms with E-state index in [4.69, 9.17) is 9.47 Å². The Bertz CT molecular complexity index is 905. The van der Waals surface area contributed by atoms with Gasteiger partial charge < -0.3 is 14.6 Å². The number of aromatic amines is 1. The predicted molar refractivity (Wildman–Crippen MR) is 95.0 cm³/mol. The fraction of sp³-hybridized carbons (Fsp3) is 0.647. The molecule has 146 valence electrons. The maximum Gasteiger partial charge on any atom is 0.278 e. The number of carbonyl (C=O) groups excluding carboxylic acids is 1. The quantitative estimate of drug-likeness (QED) is 0.728. The van der Waals surface area contributed by atoms with E-state index in [0.29, 0.717) is 11.9 Å². The van der Waals surface area contributed by atoms with Crippen LogP contribution in [0.4, 0.5) is 5.95 Å². The first-order chi connectivity index (χ1) is 13.0. The van der Waals surface area contributed by atoms with Crippen LogP contribution in [0.2, 0.25) is 0 Å². The van der Waals surface area contributed by atoms with Crippen molar-refractivity contribution >= 4 is 23.0 Å². The molecule has 2 aliphatic heterocycles. The van der Waals surface area contributed by atoms with E-state index in [1.54, 1.807) is 4.57 Å². The summed E-state index contributed by atoms with van der Waals surface area (Å²) in [6.07, 6.45) is 5.74. The third-order valence-corrected chi connectivity index (χ3v) is 5.07. The van der Waals surface area contributed by atoms with Gasteiger partial charge in [-0.05, 0) is 25.7 Å². The van der Waals surface area contributed by atoms with E-state index in [1.165, 1.54) is 13.3 Å². The molecule has 0 saturated carbocycles. The number of aromatic nitrogens is 4. The van der Waals surface area contributed by atoms with Crippen LogP contribution in [0.25, 0.3) is 11.2 Å². The fourth-order valence-electron chi connectivity index (χ4n) is 3.92. The average Bonchev–Trinajstić information content (AvgIpc) is 3.06. The van der Waals surface area contributed by atoms with Crippen molar-refractivity contribution in [1.82, 2.24) is 19.5 Å². The number of H-pyrrole nitrogens is 1. The molecule has 0 aliphatic carbocycles. The molecule has 0 bridgehead atoms. The highest BCUT2D eigenvalue weighted by atomic mass is 16.7. The second-order valence-corrected chi connectivity index (χ2v) is 7.11. The van der Waals surface area contributed by atoms with Crippen molar-refractivity contribution in [3.8, 4) is 0 Å². The van der Waals surface area contributed by atoms with Crippen LogP contribution in [0.3, 0.4) is 0 Å². The summed E-state index contributed by atoms with van der Waals surface area (Å²) in [5.41, 5.74) is 0.131. The summed E-state index contributed by atoms with van der Waals surface area (Å²) in [6, 6.07) is 0. The molecule has 3 N–H and O–H groups in total. The van der Waals surface area contributed by atoms with Gasteiger partial charge in [0.1, 0.15) is 6.23 Å². The number of amides is 1. The number of nitrogens with zero attached hydrogens (tertiary/aromatic N) is 3. The molecule has 2 aromatic heterocycles. The molecule has 1 spiro atoms. The molecule has 0 aromatic carbocycles. The average molecular weight is 377 g/mol. The lowest BCUT2D eigenvalue weighted by Gasteiger charge is -2.45. The fourth-order valence-corrected chi connectivity index (χ4v) is 3.92. The molecule has 0 radical (unpaired) electrons. The Labute approximate surface area is 154 Å². The predicted octanol–water partition coefficient (Wildman–Crippen LogP) is 1.03. The Balaban J connectivity index is 1.64. The minimum absolute atomic E-state index is 0.0285. The molecular formula is C17H23N5O5. The molecule has 10 heteroatoms. The van der Waals surface area contributed by atoms with Crippen molar-refractivity contribution in [3.63, 3.8) is 0 Å². The zero-order valence-corrected chi connectivity index (χ0v) is 15.1. The van der Waals surface area contributed by atoms with Gasteiger partial charge in [-0.15, -0.1) is 0 Å². The van der Waals surface area contributed by atoms with Gasteiger partial charge in [0, 0.05) is 19.8 Å². The van der Waals surface area contributed by atoms with Crippen molar-refractivity contribution in [3.05, 3.63) is 16.7 Å². The highest BCUT2D eigenvalue weighted by Crippen LogP contribution is 2.42. The number of carbonyl (C=O) groups is 1. The van der Waals surface area contributed by atoms with Gasteiger partial charge >= 0.3 is 0 Å². The van der Waals surface area contributed by atoms with Crippen molar-refractivity contribution in [2.45, 2.75) is 63.6 Å². The van der Waals surface area contributed by atoms with Crippen LogP contribution in [0.5, 0.6) is 0 Å². The Kier molecular flexibility index (Phi) is 4.70. The maximum absolute atomic E-state index is 12.5. The number of aliphatic hydroxyl groups excluding tert-OH is 1. The van der Waals surface area contributed by atoms with Crippen molar-refractivity contribution in [2.24, 2.45) is 0 Å². The van der Waals surface area contributed by atoms with E-state index in [1.807, 2.05) is 0 Å². The number of fused-ring (bicyclic) bond motifs is 1. The van der Waals surface area contributed by atoms with Crippen LogP contribution in [-0.2, 0) is 14.3 Å². The van der Waals surface area contributed by atoms with Gasteiger partial charge in [-0.3, -0.25) is 24.5 Å². The van der Waals surface area contributed by atoms with Crippen molar-refractivity contribution in [1.29, 1.82) is 0 Å². The molecule has 10 nitrogen and oxygen atoms in total. The zero-order valence-electron chi connectivity index (χ0n) is 15.1. The summed E-state index contributed by atoms with van der Waals surface area (Å²) in [6.45, 7) is 1.31. The third-order valence-electron chi connectivity index (χ3n) is 5.07. The number of aliphatic hydroxyl groups is 1. The SMILES string of the molecule is CC(=O)Nc1nc2ncn([C@@H]3CCC[C@]4(CCC[C@@H](CO)O4)O3)c2c(=O)[nH]1. The van der Waals surface area contributed by atoms with Crippen LogP contribution >= 0.6 is 0 Å². The smallest absolute Gasteiger partial charge is 0.278 e. The van der Waals surface area contributed by atoms with Crippen molar-refractivity contribution in [2.75, 3.05) is 11.9 Å².